The van der Waals surface area contributed by atoms with Gasteiger partial charge < -0.3 is 52.7 Å². The molecule has 0 aliphatic carbocycles. The van der Waals surface area contributed by atoms with Crippen molar-refractivity contribution in [2.75, 3.05) is 6.61 Å². The first-order valence-electron chi connectivity index (χ1n) is 1.51. The molecule has 40 valence electrons. The van der Waals surface area contributed by atoms with Crippen molar-refractivity contribution in [1.82, 2.24) is 0 Å². The van der Waals surface area contributed by atoms with Crippen LogP contribution in [0, 0.1) is 0 Å². The van der Waals surface area contributed by atoms with Crippen LogP contribution in [-0.4, -0.2) is 12.7 Å². The quantitative estimate of drug-likeness (QED) is 0.233. The summed E-state index contributed by atoms with van der Waals surface area (Å²) >= 11 is 0. The van der Waals surface area contributed by atoms with Crippen molar-refractivity contribution in [2.24, 2.45) is 0 Å². The van der Waals surface area contributed by atoms with E-state index in [0.29, 0.717) is 6.10 Å². The van der Waals surface area contributed by atoms with Crippen LogP contribution in [0.4, 0.5) is 0 Å². The number of hydrogen-bond donors (Lipinski definition) is 0. The van der Waals surface area contributed by atoms with Gasteiger partial charge in [0, 0.05) is 0 Å². The minimum Gasteiger partial charge on any atom is -1.00 e. The van der Waals surface area contributed by atoms with Crippen LogP contribution in [0.2, 0.25) is 0 Å². The number of halogens is 2. The first-order chi connectivity index (χ1) is 1.89. The third-order valence-corrected chi connectivity index (χ3v) is 0.500. The third-order valence-electron chi connectivity index (χ3n) is 0.500. The van der Waals surface area contributed by atoms with Gasteiger partial charge in [-0.2, -0.15) is 0 Å². The largest absolute Gasteiger partial charge is 2.00 e. The second-order valence-corrected chi connectivity index (χ2v) is 1.14. The van der Waals surface area contributed by atoms with E-state index in [1.54, 1.807) is 0 Å². The first-order valence-corrected chi connectivity index (χ1v) is 1.51. The van der Waals surface area contributed by atoms with E-state index in [4.69, 9.17) is 4.74 Å². The summed E-state index contributed by atoms with van der Waals surface area (Å²) in [4.78, 5) is 0. The Kier molecular flexibility index (Phi) is 18.4. The van der Waals surface area contributed by atoms with Gasteiger partial charge in [-0.15, -0.1) is 0 Å². The van der Waals surface area contributed by atoms with E-state index in [1.807, 2.05) is 0 Å². The van der Waals surface area contributed by atoms with Crippen LogP contribution in [0.25, 0.3) is 0 Å². The maximum atomic E-state index is 4.71. The standard InChI is InChI=1S/C3H6O.2HI.Zn/c1-3-2-4-3;;;/h3H,2H2,1H3;2*1H;/q;;;+2/p-2. The molecule has 0 aromatic heterocycles. The van der Waals surface area contributed by atoms with E-state index in [0.717, 1.165) is 6.61 Å². The van der Waals surface area contributed by atoms with Crippen molar-refractivity contribution < 1.29 is 72.2 Å². The molecule has 1 atom stereocenters. The normalized spacial score (nSPS) is 22.7. The summed E-state index contributed by atoms with van der Waals surface area (Å²) in [5.74, 6) is 0. The van der Waals surface area contributed by atoms with Crippen LogP contribution in [-0.2, 0) is 24.2 Å². The fraction of sp³-hybridized carbons (Fsp3) is 1.00. The molecule has 0 saturated carbocycles. The van der Waals surface area contributed by atoms with Gasteiger partial charge in [0.05, 0.1) is 12.7 Å². The van der Waals surface area contributed by atoms with Gasteiger partial charge >= 0.3 is 19.5 Å². The van der Waals surface area contributed by atoms with Gasteiger partial charge in [-0.3, -0.25) is 0 Å². The molecule has 0 bridgehead atoms. The zero-order chi connectivity index (χ0) is 2.99. The maximum absolute atomic E-state index is 4.71. The van der Waals surface area contributed by atoms with Crippen molar-refractivity contribution >= 4 is 0 Å². The van der Waals surface area contributed by atoms with Crippen LogP contribution in [0.1, 0.15) is 6.92 Å². The molecule has 1 nitrogen and oxygen atoms in total. The number of hydrogen-bond acceptors (Lipinski definition) is 1. The minimum absolute atomic E-state index is 0. The molecule has 0 amide bonds. The molecule has 1 aliphatic heterocycles. The summed E-state index contributed by atoms with van der Waals surface area (Å²) in [5, 5.41) is 0. The summed E-state index contributed by atoms with van der Waals surface area (Å²) in [5.41, 5.74) is 0. The molecular weight excluding hydrogens is 371 g/mol. The van der Waals surface area contributed by atoms with Crippen LogP contribution in [0.15, 0.2) is 0 Å². The number of rotatable bonds is 0. The topological polar surface area (TPSA) is 12.5 Å². The summed E-state index contributed by atoms with van der Waals surface area (Å²) in [7, 11) is 0. The van der Waals surface area contributed by atoms with Gasteiger partial charge in [-0.1, -0.05) is 0 Å². The molecular formula is C3H6I2OZn. The molecule has 1 aliphatic rings. The van der Waals surface area contributed by atoms with E-state index in [1.165, 1.54) is 0 Å². The Balaban J connectivity index is -0.0000000533. The van der Waals surface area contributed by atoms with Gasteiger partial charge in [0.1, 0.15) is 0 Å². The van der Waals surface area contributed by atoms with E-state index in [-0.39, 0.29) is 67.4 Å². The molecule has 4 heteroatoms. The van der Waals surface area contributed by atoms with Crippen LogP contribution >= 0.6 is 0 Å². The Morgan fingerprint density at radius 1 is 1.43 bits per heavy atom. The first kappa shape index (κ1) is 16.0. The molecule has 0 aromatic rings. The Labute approximate surface area is 90.7 Å². The minimum atomic E-state index is 0. The van der Waals surface area contributed by atoms with Crippen molar-refractivity contribution in [2.45, 2.75) is 13.0 Å². The SMILES string of the molecule is CC1CO1.[I-].[I-].[Zn+2]. The van der Waals surface area contributed by atoms with Gasteiger partial charge in [-0.05, 0) is 6.92 Å². The summed E-state index contributed by atoms with van der Waals surface area (Å²) < 4.78 is 4.71. The second-order valence-electron chi connectivity index (χ2n) is 1.14. The molecule has 1 fully saturated rings. The molecule has 7 heavy (non-hydrogen) atoms. The van der Waals surface area contributed by atoms with Crippen molar-refractivity contribution in [3.05, 3.63) is 0 Å². The fourth-order valence-electron chi connectivity index (χ4n) is 0.0962. The Morgan fingerprint density at radius 3 is 1.57 bits per heavy atom. The Bertz CT molecular complexity index is 32.1. The third kappa shape index (κ3) is 11.5. The predicted molar refractivity (Wildman–Crippen MR) is 15.4 cm³/mol. The van der Waals surface area contributed by atoms with Crippen LogP contribution in [0.3, 0.4) is 0 Å². The average Bonchev–Trinajstić information content (AvgIpc) is 1.75. The molecule has 0 aromatic carbocycles. The smallest absolute Gasteiger partial charge is 1.00 e. The van der Waals surface area contributed by atoms with Crippen molar-refractivity contribution in [1.29, 1.82) is 0 Å². The van der Waals surface area contributed by atoms with Gasteiger partial charge in [0.2, 0.25) is 0 Å². The monoisotopic (exact) mass is 376 g/mol. The number of epoxide rings is 1. The van der Waals surface area contributed by atoms with E-state index < -0.39 is 0 Å². The van der Waals surface area contributed by atoms with Crippen molar-refractivity contribution in [3.63, 3.8) is 0 Å². The molecule has 0 spiro atoms. The average molecular weight is 377 g/mol. The Morgan fingerprint density at radius 2 is 1.57 bits per heavy atom. The van der Waals surface area contributed by atoms with Gasteiger partial charge in [-0.25, -0.2) is 0 Å². The fourth-order valence-corrected chi connectivity index (χ4v) is 0.0962. The van der Waals surface area contributed by atoms with Crippen molar-refractivity contribution in [3.8, 4) is 0 Å². The van der Waals surface area contributed by atoms with E-state index >= 15 is 0 Å². The predicted octanol–water partition coefficient (Wildman–Crippen LogP) is -5.59. The molecule has 0 N–H and O–H groups in total. The zero-order valence-electron chi connectivity index (χ0n) is 4.16. The van der Waals surface area contributed by atoms with Crippen LogP contribution in [0.5, 0.6) is 0 Å². The number of ether oxygens (including phenoxy) is 1. The Hall–Kier alpha value is 2.04. The molecule has 1 rings (SSSR count). The van der Waals surface area contributed by atoms with Gasteiger partial charge in [0.15, 0.2) is 0 Å². The zero-order valence-corrected chi connectivity index (χ0v) is 11.4. The summed E-state index contributed by atoms with van der Waals surface area (Å²) in [6, 6.07) is 0. The van der Waals surface area contributed by atoms with Crippen LogP contribution < -0.4 is 48.0 Å². The van der Waals surface area contributed by atoms with E-state index in [2.05, 4.69) is 6.92 Å². The molecule has 0 radical (unpaired) electrons. The van der Waals surface area contributed by atoms with Gasteiger partial charge in [0.25, 0.3) is 0 Å². The maximum Gasteiger partial charge on any atom is 2.00 e. The summed E-state index contributed by atoms with van der Waals surface area (Å²) in [6.07, 6.45) is 0.583. The summed E-state index contributed by atoms with van der Waals surface area (Å²) in [6.45, 7) is 3.04. The molecule has 1 saturated heterocycles. The molecule has 1 heterocycles. The second kappa shape index (κ2) is 8.04. The molecule has 1 unspecified atom stereocenters. The van der Waals surface area contributed by atoms with E-state index in [9.17, 15) is 0 Å².